The van der Waals surface area contributed by atoms with Gasteiger partial charge in [-0.1, -0.05) is 0 Å². The number of rotatable bonds is 2. The molecule has 0 bridgehead atoms. The van der Waals surface area contributed by atoms with E-state index in [-0.39, 0.29) is 6.29 Å². The SMILES string of the molecule is O=CC(=CC(F)(F)F)C(=O)O. The molecule has 0 rings (SSSR count). The highest BCUT2D eigenvalue weighted by Gasteiger charge is 2.26. The van der Waals surface area contributed by atoms with Gasteiger partial charge < -0.3 is 5.11 Å². The van der Waals surface area contributed by atoms with E-state index in [1.54, 1.807) is 0 Å². The number of aldehydes is 1. The lowest BCUT2D eigenvalue weighted by molar-refractivity contribution is -0.134. The predicted octanol–water partition coefficient (Wildman–Crippen LogP) is 0.759. The lowest BCUT2D eigenvalue weighted by Crippen LogP contribution is -2.09. The Morgan fingerprint density at radius 2 is 1.82 bits per heavy atom. The second-order valence-electron chi connectivity index (χ2n) is 1.56. The van der Waals surface area contributed by atoms with Crippen molar-refractivity contribution in [3.05, 3.63) is 11.6 Å². The zero-order valence-corrected chi connectivity index (χ0v) is 5.05. The first kappa shape index (κ1) is 9.67. The van der Waals surface area contributed by atoms with E-state index in [9.17, 15) is 22.8 Å². The van der Waals surface area contributed by atoms with Crippen molar-refractivity contribution in [2.24, 2.45) is 0 Å². The molecule has 0 aromatic rings. The molecule has 62 valence electrons. The second kappa shape index (κ2) is 3.18. The molecule has 0 fully saturated rings. The molecule has 6 heteroatoms. The van der Waals surface area contributed by atoms with Crippen LogP contribution in [0.25, 0.3) is 0 Å². The van der Waals surface area contributed by atoms with E-state index in [2.05, 4.69) is 0 Å². The van der Waals surface area contributed by atoms with Crippen LogP contribution < -0.4 is 0 Å². The second-order valence-corrected chi connectivity index (χ2v) is 1.56. The highest BCUT2D eigenvalue weighted by molar-refractivity contribution is 6.06. The molecule has 0 atom stereocenters. The quantitative estimate of drug-likeness (QED) is 0.286. The van der Waals surface area contributed by atoms with Crippen LogP contribution in [0.2, 0.25) is 0 Å². The van der Waals surface area contributed by atoms with Crippen LogP contribution in [0.1, 0.15) is 0 Å². The van der Waals surface area contributed by atoms with Crippen LogP contribution in [-0.2, 0) is 9.59 Å². The van der Waals surface area contributed by atoms with Crippen LogP contribution in [0.5, 0.6) is 0 Å². The lowest BCUT2D eigenvalue weighted by Gasteiger charge is -1.97. The van der Waals surface area contributed by atoms with Gasteiger partial charge in [-0.05, 0) is 0 Å². The zero-order chi connectivity index (χ0) is 9.07. The van der Waals surface area contributed by atoms with E-state index in [1.807, 2.05) is 0 Å². The van der Waals surface area contributed by atoms with Crippen molar-refractivity contribution in [2.45, 2.75) is 6.18 Å². The summed E-state index contributed by atoms with van der Waals surface area (Å²) in [5, 5.41) is 7.94. The molecule has 0 saturated carbocycles. The standard InChI is InChI=1S/C5H3F3O3/c6-5(7,8)1-3(2-9)4(10)11/h1-2H,(H,10,11). The summed E-state index contributed by atoms with van der Waals surface area (Å²) in [7, 11) is 0. The number of alkyl halides is 3. The molecule has 0 aromatic heterocycles. The Kier molecular flexibility index (Phi) is 2.79. The molecule has 0 spiro atoms. The summed E-state index contributed by atoms with van der Waals surface area (Å²) in [5.74, 6) is -1.89. The molecule has 0 saturated heterocycles. The maximum atomic E-state index is 11.4. The molecule has 0 aliphatic carbocycles. The van der Waals surface area contributed by atoms with Gasteiger partial charge >= 0.3 is 12.1 Å². The van der Waals surface area contributed by atoms with E-state index < -0.39 is 23.8 Å². The summed E-state index contributed by atoms with van der Waals surface area (Å²) < 4.78 is 34.1. The summed E-state index contributed by atoms with van der Waals surface area (Å²) >= 11 is 0. The molecule has 3 nitrogen and oxygen atoms in total. The van der Waals surface area contributed by atoms with Gasteiger partial charge in [-0.25, -0.2) is 4.79 Å². The minimum atomic E-state index is -4.77. The van der Waals surface area contributed by atoms with E-state index in [4.69, 9.17) is 5.11 Å². The normalized spacial score (nSPS) is 12.8. The first-order valence-corrected chi connectivity index (χ1v) is 2.35. The topological polar surface area (TPSA) is 54.4 Å². The number of carbonyl (C=O) groups excluding carboxylic acids is 1. The summed E-state index contributed by atoms with van der Waals surface area (Å²) in [6, 6.07) is 0. The molecular formula is C5H3F3O3. The number of halogens is 3. The highest BCUT2D eigenvalue weighted by Crippen LogP contribution is 2.17. The summed E-state index contributed by atoms with van der Waals surface area (Å²) in [5.41, 5.74) is -1.31. The number of carbonyl (C=O) groups is 2. The predicted molar refractivity (Wildman–Crippen MR) is 27.8 cm³/mol. The van der Waals surface area contributed by atoms with Gasteiger partial charge in [0, 0.05) is 6.08 Å². The van der Waals surface area contributed by atoms with Gasteiger partial charge in [0.1, 0.15) is 5.57 Å². The summed E-state index contributed by atoms with van der Waals surface area (Å²) in [6.07, 6.45) is -5.70. The Morgan fingerprint density at radius 3 is 1.91 bits per heavy atom. The van der Waals surface area contributed by atoms with Crippen LogP contribution in [0.15, 0.2) is 11.6 Å². The van der Waals surface area contributed by atoms with Gasteiger partial charge in [0.2, 0.25) is 0 Å². The molecule has 0 aliphatic rings. The fraction of sp³-hybridized carbons (Fsp3) is 0.200. The molecule has 0 aromatic carbocycles. The fourth-order valence-electron chi connectivity index (χ4n) is 0.322. The Bertz CT molecular complexity index is 204. The fourth-order valence-corrected chi connectivity index (χ4v) is 0.322. The number of allylic oxidation sites excluding steroid dienone is 1. The van der Waals surface area contributed by atoms with E-state index in [0.717, 1.165) is 0 Å². The Hall–Kier alpha value is -1.33. The van der Waals surface area contributed by atoms with Crippen LogP contribution in [0.3, 0.4) is 0 Å². The van der Waals surface area contributed by atoms with Crippen LogP contribution >= 0.6 is 0 Å². The largest absolute Gasteiger partial charge is 0.478 e. The first-order chi connectivity index (χ1) is 4.87. The van der Waals surface area contributed by atoms with Crippen LogP contribution in [0, 0.1) is 0 Å². The van der Waals surface area contributed by atoms with Crippen molar-refractivity contribution >= 4 is 12.3 Å². The van der Waals surface area contributed by atoms with Crippen molar-refractivity contribution < 1.29 is 27.9 Å². The number of hydrogen-bond acceptors (Lipinski definition) is 2. The summed E-state index contributed by atoms with van der Waals surface area (Å²) in [6.45, 7) is 0. The maximum Gasteiger partial charge on any atom is 0.410 e. The van der Waals surface area contributed by atoms with Gasteiger partial charge in [0.05, 0.1) is 0 Å². The Labute approximate surface area is 59.1 Å². The van der Waals surface area contributed by atoms with E-state index >= 15 is 0 Å². The van der Waals surface area contributed by atoms with Gasteiger partial charge in [0.25, 0.3) is 0 Å². The molecule has 0 amide bonds. The summed E-state index contributed by atoms with van der Waals surface area (Å²) in [4.78, 5) is 19.5. The maximum absolute atomic E-state index is 11.4. The van der Waals surface area contributed by atoms with Crippen molar-refractivity contribution in [2.75, 3.05) is 0 Å². The minimum absolute atomic E-state index is 0.365. The van der Waals surface area contributed by atoms with Crippen molar-refractivity contribution in [3.63, 3.8) is 0 Å². The molecule has 1 N–H and O–H groups in total. The van der Waals surface area contributed by atoms with Crippen LogP contribution in [-0.4, -0.2) is 23.5 Å². The average molecular weight is 168 g/mol. The monoisotopic (exact) mass is 168 g/mol. The molecule has 0 unspecified atom stereocenters. The van der Waals surface area contributed by atoms with E-state index in [0.29, 0.717) is 0 Å². The Balaban J connectivity index is 4.63. The van der Waals surface area contributed by atoms with Crippen LogP contribution in [0.4, 0.5) is 13.2 Å². The molecule has 0 aliphatic heterocycles. The number of hydrogen-bond donors (Lipinski definition) is 1. The van der Waals surface area contributed by atoms with Crippen molar-refractivity contribution in [3.8, 4) is 0 Å². The third kappa shape index (κ3) is 4.12. The molecular weight excluding hydrogens is 165 g/mol. The smallest absolute Gasteiger partial charge is 0.410 e. The first-order valence-electron chi connectivity index (χ1n) is 2.35. The van der Waals surface area contributed by atoms with Crippen molar-refractivity contribution in [1.82, 2.24) is 0 Å². The third-order valence-electron chi connectivity index (χ3n) is 0.693. The lowest BCUT2D eigenvalue weighted by atomic mass is 10.3. The van der Waals surface area contributed by atoms with Gasteiger partial charge in [-0.2, -0.15) is 13.2 Å². The number of carboxylic acid groups (broad SMARTS) is 1. The molecule has 0 heterocycles. The van der Waals surface area contributed by atoms with E-state index in [1.165, 1.54) is 0 Å². The zero-order valence-electron chi connectivity index (χ0n) is 5.05. The molecule has 11 heavy (non-hydrogen) atoms. The average Bonchev–Trinajstić information content (AvgIpc) is 1.80. The third-order valence-corrected chi connectivity index (χ3v) is 0.693. The van der Waals surface area contributed by atoms with Gasteiger partial charge in [-0.15, -0.1) is 0 Å². The Morgan fingerprint density at radius 1 is 1.36 bits per heavy atom. The van der Waals surface area contributed by atoms with Crippen molar-refractivity contribution in [1.29, 1.82) is 0 Å². The number of carboxylic acids is 1. The molecule has 0 radical (unpaired) electrons. The number of aliphatic carboxylic acids is 1. The van der Waals surface area contributed by atoms with Gasteiger partial charge in [-0.3, -0.25) is 4.79 Å². The highest BCUT2D eigenvalue weighted by atomic mass is 19.4. The minimum Gasteiger partial charge on any atom is -0.478 e. The van der Waals surface area contributed by atoms with Gasteiger partial charge in [0.15, 0.2) is 6.29 Å².